The molecule has 218 valence electrons. The van der Waals surface area contributed by atoms with Gasteiger partial charge in [0.05, 0.1) is 13.2 Å². The molecule has 1 saturated carbocycles. The van der Waals surface area contributed by atoms with E-state index in [1.165, 1.54) is 11.8 Å². The zero-order valence-electron chi connectivity index (χ0n) is 23.4. The number of amides is 4. The lowest BCUT2D eigenvalue weighted by atomic mass is 9.98. The minimum absolute atomic E-state index is 0.209. The van der Waals surface area contributed by atoms with E-state index >= 15 is 0 Å². The van der Waals surface area contributed by atoms with Crippen molar-refractivity contribution in [3.63, 3.8) is 0 Å². The number of likely N-dealkylation sites (tertiary alicyclic amines) is 1. The van der Waals surface area contributed by atoms with E-state index in [9.17, 15) is 19.2 Å². The molecule has 2 heterocycles. The molecule has 3 rings (SSSR count). The van der Waals surface area contributed by atoms with E-state index in [0.717, 1.165) is 0 Å². The third kappa shape index (κ3) is 7.91. The first-order chi connectivity index (χ1) is 18.8. The minimum atomic E-state index is -0.840. The first-order valence-corrected chi connectivity index (χ1v) is 13.9. The third-order valence-corrected chi connectivity index (χ3v) is 7.16. The largest absolute Gasteiger partial charge is 0.444 e. The Morgan fingerprint density at radius 3 is 2.58 bits per heavy atom. The molecule has 0 radical (unpaired) electrons. The van der Waals surface area contributed by atoms with Crippen molar-refractivity contribution in [3.05, 3.63) is 47.6 Å². The maximum Gasteiger partial charge on any atom is 0.411 e. The molecule has 1 aliphatic carbocycles. The lowest BCUT2D eigenvalue weighted by molar-refractivity contribution is -0.128. The van der Waals surface area contributed by atoms with Gasteiger partial charge in [0, 0.05) is 30.5 Å². The van der Waals surface area contributed by atoms with Crippen molar-refractivity contribution in [2.45, 2.75) is 77.3 Å². The number of ether oxygens (including phenoxy) is 2. The Hall–Kier alpha value is -3.25. The predicted octanol–water partition coefficient (Wildman–Crippen LogP) is 3.45. The van der Waals surface area contributed by atoms with Gasteiger partial charge in [0.15, 0.2) is 0 Å². The second kappa shape index (κ2) is 12.9. The summed E-state index contributed by atoms with van der Waals surface area (Å²) >= 11 is 3.34. The molecule has 0 unspecified atom stereocenters. The van der Waals surface area contributed by atoms with Crippen LogP contribution in [0.1, 0.15) is 52.5 Å². The second-order valence-corrected chi connectivity index (χ2v) is 11.9. The summed E-state index contributed by atoms with van der Waals surface area (Å²) in [5.41, 5.74) is -0.590. The van der Waals surface area contributed by atoms with Gasteiger partial charge in [0.2, 0.25) is 17.7 Å². The lowest BCUT2D eigenvalue weighted by Crippen LogP contribution is -2.47. The smallest absolute Gasteiger partial charge is 0.411 e. The van der Waals surface area contributed by atoms with Gasteiger partial charge in [-0.1, -0.05) is 18.2 Å². The van der Waals surface area contributed by atoms with Crippen molar-refractivity contribution in [1.82, 2.24) is 20.5 Å². The van der Waals surface area contributed by atoms with E-state index < -0.39 is 35.1 Å². The highest BCUT2D eigenvalue weighted by Crippen LogP contribution is 2.59. The average molecular weight is 621 g/mol. The van der Waals surface area contributed by atoms with E-state index in [0.29, 0.717) is 35.4 Å². The van der Waals surface area contributed by atoms with Gasteiger partial charge in [-0.05, 0) is 62.0 Å². The number of carbonyl (C=O) groups excluding carboxylic acids is 4. The fourth-order valence-electron chi connectivity index (χ4n) is 4.86. The SMILES string of the molecule is C=CCOCc1ccc(Br)nc1NC(=O)[C@@H]1C[C@@]2(CNC(=O)[C@H](CC=C)NC(C)=O)C[C@H]2N1C(=O)OC(C)(C)C. The molecule has 0 bridgehead atoms. The van der Waals surface area contributed by atoms with Crippen LogP contribution in [0.3, 0.4) is 0 Å². The standard InChI is InChI=1S/C28H38BrN5O6/c1-7-9-19(31-17(3)35)24(36)30-16-28-13-20(34(21(28)14-28)26(38)40-27(4,5)6)25(37)33-23-18(15-39-12-8-2)10-11-22(29)32-23/h7-8,10-11,19-21H,1-2,9,12-16H2,3-6H3,(H,30,36)(H,31,35)(H,32,33,37)/t19-,20-,21+,28-/m0/s1. The van der Waals surface area contributed by atoms with Crippen LogP contribution in [0.5, 0.6) is 0 Å². The molecule has 1 aliphatic heterocycles. The molecule has 12 heteroatoms. The lowest BCUT2D eigenvalue weighted by Gasteiger charge is -2.29. The van der Waals surface area contributed by atoms with Crippen LogP contribution in [0.2, 0.25) is 0 Å². The van der Waals surface area contributed by atoms with Gasteiger partial charge in [0.1, 0.15) is 28.1 Å². The van der Waals surface area contributed by atoms with Crippen LogP contribution in [0, 0.1) is 5.41 Å². The first kappa shape index (κ1) is 31.3. The minimum Gasteiger partial charge on any atom is -0.444 e. The normalized spacial score (nSPS) is 22.0. The molecule has 1 aromatic rings. The van der Waals surface area contributed by atoms with Crippen molar-refractivity contribution in [2.24, 2.45) is 5.41 Å². The summed E-state index contributed by atoms with van der Waals surface area (Å²) in [5.74, 6) is -0.775. The van der Waals surface area contributed by atoms with Crippen molar-refractivity contribution >= 4 is 45.6 Å². The van der Waals surface area contributed by atoms with E-state index in [2.05, 4.69) is 50.0 Å². The number of hydrogen-bond acceptors (Lipinski definition) is 7. The Balaban J connectivity index is 1.79. The number of carbonyl (C=O) groups is 4. The number of anilines is 1. The van der Waals surface area contributed by atoms with Crippen molar-refractivity contribution in [3.8, 4) is 0 Å². The molecule has 0 aromatic carbocycles. The molecular weight excluding hydrogens is 582 g/mol. The second-order valence-electron chi connectivity index (χ2n) is 11.1. The van der Waals surface area contributed by atoms with E-state index in [4.69, 9.17) is 9.47 Å². The summed E-state index contributed by atoms with van der Waals surface area (Å²) in [4.78, 5) is 57.2. The molecule has 3 N–H and O–H groups in total. The average Bonchev–Trinajstić information content (AvgIpc) is 3.45. The molecule has 4 amide bonds. The Kier molecular flexibility index (Phi) is 10.1. The summed E-state index contributed by atoms with van der Waals surface area (Å²) in [5, 5.41) is 8.39. The number of aromatic nitrogens is 1. The first-order valence-electron chi connectivity index (χ1n) is 13.1. The van der Waals surface area contributed by atoms with E-state index in [-0.39, 0.29) is 37.4 Å². The van der Waals surface area contributed by atoms with Crippen LogP contribution < -0.4 is 16.0 Å². The fourth-order valence-corrected chi connectivity index (χ4v) is 5.17. The van der Waals surface area contributed by atoms with Gasteiger partial charge in [-0.3, -0.25) is 19.3 Å². The van der Waals surface area contributed by atoms with Crippen LogP contribution in [-0.4, -0.2) is 70.6 Å². The van der Waals surface area contributed by atoms with Gasteiger partial charge >= 0.3 is 6.09 Å². The molecule has 2 aliphatic rings. The molecule has 40 heavy (non-hydrogen) atoms. The topological polar surface area (TPSA) is 139 Å². The Bertz CT molecular complexity index is 1170. The Morgan fingerprint density at radius 1 is 1.23 bits per heavy atom. The number of piperidine rings is 1. The molecular formula is C28H38BrN5O6. The van der Waals surface area contributed by atoms with E-state index in [1.54, 1.807) is 45.1 Å². The van der Waals surface area contributed by atoms with Crippen LogP contribution in [0.4, 0.5) is 10.6 Å². The quantitative estimate of drug-likeness (QED) is 0.185. The van der Waals surface area contributed by atoms with Crippen LogP contribution in [0.25, 0.3) is 0 Å². The van der Waals surface area contributed by atoms with E-state index in [1.807, 2.05) is 0 Å². The Morgan fingerprint density at radius 2 is 1.95 bits per heavy atom. The number of rotatable bonds is 12. The summed E-state index contributed by atoms with van der Waals surface area (Å²) in [6.07, 6.45) is 3.80. The van der Waals surface area contributed by atoms with Crippen LogP contribution in [-0.2, 0) is 30.5 Å². The number of halogens is 1. The van der Waals surface area contributed by atoms with Gasteiger partial charge in [-0.2, -0.15) is 0 Å². The van der Waals surface area contributed by atoms with Gasteiger partial charge in [0.25, 0.3) is 0 Å². The van der Waals surface area contributed by atoms with Gasteiger partial charge in [-0.25, -0.2) is 9.78 Å². The summed E-state index contributed by atoms with van der Waals surface area (Å²) in [6, 6.07) is 1.66. The summed E-state index contributed by atoms with van der Waals surface area (Å²) < 4.78 is 11.7. The molecule has 1 saturated heterocycles. The number of nitrogens with one attached hydrogen (secondary N) is 3. The van der Waals surface area contributed by atoms with Crippen LogP contribution >= 0.6 is 15.9 Å². The monoisotopic (exact) mass is 619 g/mol. The van der Waals surface area contributed by atoms with Crippen molar-refractivity contribution < 1.29 is 28.7 Å². The highest BCUT2D eigenvalue weighted by molar-refractivity contribution is 9.10. The number of nitrogens with zero attached hydrogens (tertiary/aromatic N) is 2. The number of pyridine rings is 1. The number of hydrogen-bond donors (Lipinski definition) is 3. The maximum absolute atomic E-state index is 13.6. The van der Waals surface area contributed by atoms with Gasteiger partial charge in [-0.15, -0.1) is 13.2 Å². The fraction of sp³-hybridized carbons (Fsp3) is 0.536. The van der Waals surface area contributed by atoms with Crippen molar-refractivity contribution in [1.29, 1.82) is 0 Å². The summed E-state index contributed by atoms with van der Waals surface area (Å²) in [6.45, 7) is 14.7. The molecule has 4 atom stereocenters. The number of fused-ring (bicyclic) bond motifs is 1. The van der Waals surface area contributed by atoms with Gasteiger partial charge < -0.3 is 25.4 Å². The highest BCUT2D eigenvalue weighted by atomic mass is 79.9. The molecule has 11 nitrogen and oxygen atoms in total. The Labute approximate surface area is 243 Å². The zero-order chi connectivity index (χ0) is 29.7. The van der Waals surface area contributed by atoms with Crippen molar-refractivity contribution in [2.75, 3.05) is 18.5 Å². The molecule has 2 fully saturated rings. The predicted molar refractivity (Wildman–Crippen MR) is 153 cm³/mol. The third-order valence-electron chi connectivity index (χ3n) is 6.72. The maximum atomic E-state index is 13.6. The molecule has 0 spiro atoms. The molecule has 1 aromatic heterocycles. The van der Waals surface area contributed by atoms with Crippen LogP contribution in [0.15, 0.2) is 42.0 Å². The summed E-state index contributed by atoms with van der Waals surface area (Å²) in [7, 11) is 0. The highest BCUT2D eigenvalue weighted by Gasteiger charge is 2.68. The zero-order valence-corrected chi connectivity index (χ0v) is 25.0.